The zero-order valence-corrected chi connectivity index (χ0v) is 16.7. The Hall–Kier alpha value is -1.47. The van der Waals surface area contributed by atoms with Crippen LogP contribution < -0.4 is 10.6 Å². The summed E-state index contributed by atoms with van der Waals surface area (Å²) in [5, 5.41) is 7.05. The van der Waals surface area contributed by atoms with E-state index in [4.69, 9.17) is 4.74 Å². The van der Waals surface area contributed by atoms with Gasteiger partial charge in [0, 0.05) is 19.2 Å². The lowest BCUT2D eigenvalue weighted by Gasteiger charge is -2.13. The Balaban J connectivity index is 0.00000312. The molecule has 5 nitrogen and oxygen atoms in total. The number of methoxy groups -OCH3 is 1. The fraction of sp³-hybridized carbons (Fsp3) is 0.444. The first-order valence-corrected chi connectivity index (χ1v) is 8.86. The zero-order valence-electron chi connectivity index (χ0n) is 15.1. The molecule has 0 saturated carbocycles. The number of nitrogens with one attached hydrogen (secondary N) is 2. The summed E-state index contributed by atoms with van der Waals surface area (Å²) in [4.78, 5) is 17.7. The molecule has 1 aromatic carbocycles. The van der Waals surface area contributed by atoms with Crippen LogP contribution in [-0.4, -0.2) is 37.7 Å². The molecule has 1 atom stereocenters. The SMILES string of the molecule is COCCNCC(=O)NC(C)c1sc(-c2ccc(C)cc2)nc1C.Cl. The van der Waals surface area contributed by atoms with E-state index in [1.807, 2.05) is 13.8 Å². The highest BCUT2D eigenvalue weighted by molar-refractivity contribution is 7.15. The quantitative estimate of drug-likeness (QED) is 0.687. The lowest BCUT2D eigenvalue weighted by Crippen LogP contribution is -2.36. The first kappa shape index (κ1) is 21.6. The number of rotatable bonds is 8. The van der Waals surface area contributed by atoms with Gasteiger partial charge in [0.05, 0.1) is 29.8 Å². The summed E-state index contributed by atoms with van der Waals surface area (Å²) < 4.78 is 4.94. The molecule has 0 aliphatic rings. The van der Waals surface area contributed by atoms with Crippen molar-refractivity contribution < 1.29 is 9.53 Å². The van der Waals surface area contributed by atoms with E-state index in [1.54, 1.807) is 18.4 Å². The Kier molecular flexibility index (Phi) is 9.06. The second-order valence-electron chi connectivity index (χ2n) is 5.79. The number of aromatic nitrogens is 1. The molecule has 0 radical (unpaired) electrons. The Morgan fingerprint density at radius 2 is 1.96 bits per heavy atom. The highest BCUT2D eigenvalue weighted by Gasteiger charge is 2.17. The summed E-state index contributed by atoms with van der Waals surface area (Å²) in [5.74, 6) is -0.0247. The molecule has 138 valence electrons. The predicted octanol–water partition coefficient (Wildman–Crippen LogP) is 3.26. The number of nitrogens with zero attached hydrogens (tertiary/aromatic N) is 1. The monoisotopic (exact) mass is 383 g/mol. The molecule has 0 aliphatic carbocycles. The molecular formula is C18H26ClN3O2S. The van der Waals surface area contributed by atoms with Crippen LogP contribution in [0.4, 0.5) is 0 Å². The van der Waals surface area contributed by atoms with Crippen LogP contribution in [0.3, 0.4) is 0 Å². The van der Waals surface area contributed by atoms with Gasteiger partial charge in [-0.25, -0.2) is 4.98 Å². The van der Waals surface area contributed by atoms with Gasteiger partial charge in [0.1, 0.15) is 5.01 Å². The van der Waals surface area contributed by atoms with Gasteiger partial charge in [-0.2, -0.15) is 0 Å². The first-order valence-electron chi connectivity index (χ1n) is 8.04. The number of thiazole rings is 1. The predicted molar refractivity (Wildman–Crippen MR) is 106 cm³/mol. The van der Waals surface area contributed by atoms with Gasteiger partial charge in [-0.1, -0.05) is 29.8 Å². The summed E-state index contributed by atoms with van der Waals surface area (Å²) >= 11 is 1.63. The molecule has 7 heteroatoms. The van der Waals surface area contributed by atoms with Crippen molar-refractivity contribution in [1.29, 1.82) is 0 Å². The summed E-state index contributed by atoms with van der Waals surface area (Å²) in [6.07, 6.45) is 0. The third-order valence-corrected chi connectivity index (χ3v) is 5.06. The van der Waals surface area contributed by atoms with Gasteiger partial charge >= 0.3 is 0 Å². The molecule has 0 aliphatic heterocycles. The molecule has 0 bridgehead atoms. The molecule has 1 aromatic heterocycles. The number of hydrogen-bond donors (Lipinski definition) is 2. The molecule has 0 saturated heterocycles. The fourth-order valence-electron chi connectivity index (χ4n) is 2.36. The van der Waals surface area contributed by atoms with Crippen LogP contribution in [0.15, 0.2) is 24.3 Å². The molecule has 2 rings (SSSR count). The van der Waals surface area contributed by atoms with Gasteiger partial charge < -0.3 is 15.4 Å². The van der Waals surface area contributed by atoms with E-state index in [2.05, 4.69) is 46.8 Å². The number of ether oxygens (including phenoxy) is 1. The topological polar surface area (TPSA) is 63.2 Å². The fourth-order valence-corrected chi connectivity index (χ4v) is 3.44. The average Bonchev–Trinajstić information content (AvgIpc) is 2.94. The van der Waals surface area contributed by atoms with Crippen LogP contribution in [0.25, 0.3) is 10.6 Å². The zero-order chi connectivity index (χ0) is 17.5. The highest BCUT2D eigenvalue weighted by atomic mass is 35.5. The van der Waals surface area contributed by atoms with Crippen molar-refractivity contribution in [3.63, 3.8) is 0 Å². The largest absolute Gasteiger partial charge is 0.383 e. The van der Waals surface area contributed by atoms with Crippen LogP contribution >= 0.6 is 23.7 Å². The molecule has 2 N–H and O–H groups in total. The minimum absolute atomic E-state index is 0. The summed E-state index contributed by atoms with van der Waals surface area (Å²) in [6.45, 7) is 7.60. The van der Waals surface area contributed by atoms with Crippen molar-refractivity contribution in [3.8, 4) is 10.6 Å². The molecule has 25 heavy (non-hydrogen) atoms. The molecule has 1 heterocycles. The maximum atomic E-state index is 12.0. The van der Waals surface area contributed by atoms with Gasteiger partial charge in [-0.05, 0) is 20.8 Å². The Morgan fingerprint density at radius 3 is 2.60 bits per heavy atom. The standard InChI is InChI=1S/C18H25N3O2S.ClH/c1-12-5-7-15(8-6-12)18-21-14(3)17(24-18)13(2)20-16(22)11-19-9-10-23-4;/h5-8,13,19H,9-11H2,1-4H3,(H,20,22);1H. The maximum absolute atomic E-state index is 12.0. The Labute approximate surface area is 159 Å². The number of hydrogen-bond acceptors (Lipinski definition) is 5. The summed E-state index contributed by atoms with van der Waals surface area (Å²) in [6, 6.07) is 8.28. The molecule has 2 aromatic rings. The Bertz CT molecular complexity index is 673. The van der Waals surface area contributed by atoms with Crippen LogP contribution in [0.5, 0.6) is 0 Å². The second kappa shape index (κ2) is 10.5. The molecular weight excluding hydrogens is 358 g/mol. The van der Waals surface area contributed by atoms with Crippen molar-refractivity contribution in [2.45, 2.75) is 26.8 Å². The minimum Gasteiger partial charge on any atom is -0.383 e. The first-order chi connectivity index (χ1) is 11.5. The van der Waals surface area contributed by atoms with Gasteiger partial charge in [0.25, 0.3) is 0 Å². The number of aryl methyl sites for hydroxylation is 2. The van der Waals surface area contributed by atoms with Crippen molar-refractivity contribution >= 4 is 29.7 Å². The molecule has 1 unspecified atom stereocenters. The van der Waals surface area contributed by atoms with E-state index in [0.29, 0.717) is 13.2 Å². The van der Waals surface area contributed by atoms with Gasteiger partial charge in [0.2, 0.25) is 5.91 Å². The normalized spacial score (nSPS) is 11.7. The van der Waals surface area contributed by atoms with Crippen LogP contribution in [0, 0.1) is 13.8 Å². The smallest absolute Gasteiger partial charge is 0.234 e. The lowest BCUT2D eigenvalue weighted by molar-refractivity contribution is -0.120. The van der Waals surface area contributed by atoms with Crippen molar-refractivity contribution in [1.82, 2.24) is 15.6 Å². The maximum Gasteiger partial charge on any atom is 0.234 e. The van der Waals surface area contributed by atoms with E-state index in [9.17, 15) is 4.79 Å². The van der Waals surface area contributed by atoms with Gasteiger partial charge in [0.15, 0.2) is 0 Å². The highest BCUT2D eigenvalue weighted by Crippen LogP contribution is 2.31. The lowest BCUT2D eigenvalue weighted by atomic mass is 10.2. The van der Waals surface area contributed by atoms with E-state index in [0.717, 1.165) is 21.1 Å². The average molecular weight is 384 g/mol. The minimum atomic E-state index is -0.0570. The van der Waals surface area contributed by atoms with Crippen LogP contribution in [0.1, 0.15) is 29.1 Å². The number of halogens is 1. The Morgan fingerprint density at radius 1 is 1.28 bits per heavy atom. The van der Waals surface area contributed by atoms with E-state index in [-0.39, 0.29) is 30.9 Å². The van der Waals surface area contributed by atoms with Crippen LogP contribution in [0.2, 0.25) is 0 Å². The molecule has 1 amide bonds. The summed E-state index contributed by atoms with van der Waals surface area (Å²) in [7, 11) is 1.64. The van der Waals surface area contributed by atoms with Gasteiger partial charge in [-0.15, -0.1) is 23.7 Å². The summed E-state index contributed by atoms with van der Waals surface area (Å²) in [5.41, 5.74) is 3.31. The second-order valence-corrected chi connectivity index (χ2v) is 6.82. The van der Waals surface area contributed by atoms with Gasteiger partial charge in [-0.3, -0.25) is 4.79 Å². The molecule has 0 fully saturated rings. The number of carbonyl (C=O) groups excluding carboxylic acids is 1. The van der Waals surface area contributed by atoms with Crippen molar-refractivity contribution in [2.24, 2.45) is 0 Å². The van der Waals surface area contributed by atoms with E-state index >= 15 is 0 Å². The third-order valence-electron chi connectivity index (χ3n) is 3.67. The van der Waals surface area contributed by atoms with Crippen LogP contribution in [-0.2, 0) is 9.53 Å². The van der Waals surface area contributed by atoms with Crippen molar-refractivity contribution in [2.75, 3.05) is 26.8 Å². The van der Waals surface area contributed by atoms with Crippen molar-refractivity contribution in [3.05, 3.63) is 40.4 Å². The van der Waals surface area contributed by atoms with E-state index in [1.165, 1.54) is 5.56 Å². The number of carbonyl (C=O) groups is 1. The number of amides is 1. The molecule has 0 spiro atoms. The van der Waals surface area contributed by atoms with E-state index < -0.39 is 0 Å². The third kappa shape index (κ3) is 6.40. The number of benzene rings is 1.